The van der Waals surface area contributed by atoms with E-state index in [-0.39, 0.29) is 0 Å². The number of aliphatic imine (C=N–C) groups is 1. The molecule has 4 nitrogen and oxygen atoms in total. The average molecular weight is 346 g/mol. The monoisotopic (exact) mass is 346 g/mol. The summed E-state index contributed by atoms with van der Waals surface area (Å²) in [5.74, 6) is 0.801. The second kappa shape index (κ2) is 7.85. The van der Waals surface area contributed by atoms with Crippen LogP contribution in [0.4, 0.5) is 5.69 Å². The van der Waals surface area contributed by atoms with Crippen molar-refractivity contribution in [2.24, 2.45) is 4.99 Å². The van der Waals surface area contributed by atoms with E-state index in [0.29, 0.717) is 0 Å². The van der Waals surface area contributed by atoms with E-state index in [1.54, 1.807) is 12.4 Å². The van der Waals surface area contributed by atoms with Crippen LogP contribution in [0.25, 0.3) is 0 Å². The van der Waals surface area contributed by atoms with Gasteiger partial charge >= 0.3 is 0 Å². The highest BCUT2D eigenvalue weighted by Gasteiger charge is 2.12. The Labute approximate surface area is 150 Å². The SMILES string of the molecule is Cc1cnc(C(=Nc2ccccc2O[Si](C)C)c2ccccc2)cn1. The van der Waals surface area contributed by atoms with E-state index < -0.39 is 9.04 Å². The number of benzene rings is 2. The highest BCUT2D eigenvalue weighted by atomic mass is 28.3. The molecule has 0 spiro atoms. The molecular formula is C20H20N3OSi. The fourth-order valence-electron chi connectivity index (χ4n) is 2.36. The predicted molar refractivity (Wildman–Crippen MR) is 103 cm³/mol. The molecule has 3 aromatic rings. The fraction of sp³-hybridized carbons (Fsp3) is 0.150. The van der Waals surface area contributed by atoms with Crippen molar-refractivity contribution >= 4 is 20.4 Å². The van der Waals surface area contributed by atoms with E-state index in [0.717, 1.165) is 34.1 Å². The second-order valence-electron chi connectivity index (χ2n) is 5.85. The fourth-order valence-corrected chi connectivity index (χ4v) is 2.97. The lowest BCUT2D eigenvalue weighted by Gasteiger charge is -2.12. The van der Waals surface area contributed by atoms with Crippen molar-refractivity contribution in [1.29, 1.82) is 0 Å². The van der Waals surface area contributed by atoms with Gasteiger partial charge in [0.1, 0.15) is 17.1 Å². The lowest BCUT2D eigenvalue weighted by Crippen LogP contribution is -2.11. The van der Waals surface area contributed by atoms with Crippen LogP contribution < -0.4 is 4.43 Å². The lowest BCUT2D eigenvalue weighted by molar-refractivity contribution is 0.582. The van der Waals surface area contributed by atoms with Gasteiger partial charge in [0.25, 0.3) is 9.04 Å². The third-order valence-electron chi connectivity index (χ3n) is 3.48. The number of nitrogens with zero attached hydrogens (tertiary/aromatic N) is 3. The van der Waals surface area contributed by atoms with Crippen LogP contribution in [0.5, 0.6) is 5.75 Å². The van der Waals surface area contributed by atoms with Crippen LogP contribution in [-0.2, 0) is 0 Å². The van der Waals surface area contributed by atoms with Crippen molar-refractivity contribution in [3.8, 4) is 5.75 Å². The van der Waals surface area contributed by atoms with Crippen molar-refractivity contribution < 1.29 is 4.43 Å². The largest absolute Gasteiger partial charge is 0.541 e. The maximum absolute atomic E-state index is 6.00. The molecule has 5 heteroatoms. The summed E-state index contributed by atoms with van der Waals surface area (Å²) in [6, 6.07) is 17.9. The second-order valence-corrected chi connectivity index (χ2v) is 7.87. The number of aryl methyl sites for hydroxylation is 1. The molecule has 0 saturated heterocycles. The molecule has 1 heterocycles. The number of para-hydroxylation sites is 2. The summed E-state index contributed by atoms with van der Waals surface area (Å²) in [5, 5.41) is 0. The van der Waals surface area contributed by atoms with Crippen molar-refractivity contribution in [2.45, 2.75) is 20.0 Å². The minimum absolute atomic E-state index is 0.741. The minimum Gasteiger partial charge on any atom is -0.541 e. The molecule has 3 rings (SSSR count). The standard InChI is InChI=1S/C20H20N3OSi/c1-15-13-22-18(14-21-15)20(16-9-5-4-6-10-16)23-17-11-7-8-12-19(17)24-25(2)3/h4-14H,1-3H3. The quantitative estimate of drug-likeness (QED) is 0.502. The molecule has 2 aromatic carbocycles. The smallest absolute Gasteiger partial charge is 0.274 e. The molecule has 0 unspecified atom stereocenters. The topological polar surface area (TPSA) is 47.4 Å². The van der Waals surface area contributed by atoms with Gasteiger partial charge < -0.3 is 4.43 Å². The van der Waals surface area contributed by atoms with Crippen molar-refractivity contribution in [1.82, 2.24) is 9.97 Å². The third kappa shape index (κ3) is 4.39. The summed E-state index contributed by atoms with van der Waals surface area (Å²) < 4.78 is 6.00. The van der Waals surface area contributed by atoms with E-state index >= 15 is 0 Å². The number of rotatable bonds is 5. The van der Waals surface area contributed by atoms with Crippen molar-refractivity contribution in [3.63, 3.8) is 0 Å². The molecule has 0 fully saturated rings. The molecule has 1 radical (unpaired) electrons. The van der Waals surface area contributed by atoms with Crippen LogP contribution in [0, 0.1) is 6.92 Å². The molecular weight excluding hydrogens is 326 g/mol. The minimum atomic E-state index is -0.875. The van der Waals surface area contributed by atoms with Crippen molar-refractivity contribution in [3.05, 3.63) is 83.9 Å². The molecule has 125 valence electrons. The zero-order valence-corrected chi connectivity index (χ0v) is 15.6. The first-order valence-corrected chi connectivity index (χ1v) is 10.5. The van der Waals surface area contributed by atoms with Gasteiger partial charge in [-0.1, -0.05) is 42.5 Å². The highest BCUT2D eigenvalue weighted by Crippen LogP contribution is 2.29. The molecule has 0 amide bonds. The Hall–Kier alpha value is -2.79. The van der Waals surface area contributed by atoms with Gasteiger partial charge in [-0.3, -0.25) is 9.97 Å². The Morgan fingerprint density at radius 2 is 1.64 bits per heavy atom. The Morgan fingerprint density at radius 3 is 2.32 bits per heavy atom. The van der Waals surface area contributed by atoms with Gasteiger partial charge in [0, 0.05) is 11.8 Å². The zero-order valence-electron chi connectivity index (χ0n) is 14.6. The third-order valence-corrected chi connectivity index (χ3v) is 4.11. The van der Waals surface area contributed by atoms with Gasteiger partial charge in [0.15, 0.2) is 0 Å². The van der Waals surface area contributed by atoms with Crippen LogP contribution in [0.1, 0.15) is 17.0 Å². The van der Waals surface area contributed by atoms with E-state index in [4.69, 9.17) is 9.42 Å². The Kier molecular flexibility index (Phi) is 5.35. The number of hydrogen-bond donors (Lipinski definition) is 0. The molecule has 0 N–H and O–H groups in total. The van der Waals surface area contributed by atoms with Crippen LogP contribution in [0.3, 0.4) is 0 Å². The van der Waals surface area contributed by atoms with Crippen LogP contribution in [0.2, 0.25) is 13.1 Å². The van der Waals surface area contributed by atoms with E-state index in [1.165, 1.54) is 0 Å². The summed E-state index contributed by atoms with van der Waals surface area (Å²) in [6.07, 6.45) is 3.52. The summed E-state index contributed by atoms with van der Waals surface area (Å²) in [4.78, 5) is 13.8. The maximum atomic E-state index is 6.00. The van der Waals surface area contributed by atoms with Gasteiger partial charge in [-0.2, -0.15) is 0 Å². The van der Waals surface area contributed by atoms with Gasteiger partial charge in [-0.15, -0.1) is 0 Å². The molecule has 0 aliphatic heterocycles. The lowest BCUT2D eigenvalue weighted by atomic mass is 10.1. The Morgan fingerprint density at radius 1 is 0.920 bits per heavy atom. The van der Waals surface area contributed by atoms with Crippen LogP contribution >= 0.6 is 0 Å². The first-order valence-electron chi connectivity index (χ1n) is 8.13. The molecule has 0 saturated carbocycles. The van der Waals surface area contributed by atoms with Gasteiger partial charge in [-0.05, 0) is 32.2 Å². The summed E-state index contributed by atoms with van der Waals surface area (Å²) in [7, 11) is -0.875. The maximum Gasteiger partial charge on any atom is 0.274 e. The summed E-state index contributed by atoms with van der Waals surface area (Å²) >= 11 is 0. The van der Waals surface area contributed by atoms with Crippen LogP contribution in [-0.4, -0.2) is 24.7 Å². The molecule has 0 aliphatic carbocycles. The Balaban J connectivity index is 2.12. The van der Waals surface area contributed by atoms with E-state index in [9.17, 15) is 0 Å². The van der Waals surface area contributed by atoms with Gasteiger partial charge in [-0.25, -0.2) is 4.99 Å². The highest BCUT2D eigenvalue weighted by molar-refractivity contribution is 6.49. The summed E-state index contributed by atoms with van der Waals surface area (Å²) in [5.41, 5.74) is 4.20. The van der Waals surface area contributed by atoms with Gasteiger partial charge in [0.2, 0.25) is 0 Å². The van der Waals surface area contributed by atoms with E-state index in [2.05, 4.69) is 23.1 Å². The summed E-state index contributed by atoms with van der Waals surface area (Å²) in [6.45, 7) is 6.13. The van der Waals surface area contributed by atoms with Crippen molar-refractivity contribution in [2.75, 3.05) is 0 Å². The number of hydrogen-bond acceptors (Lipinski definition) is 4. The zero-order chi connectivity index (χ0) is 17.6. The normalized spacial score (nSPS) is 11.6. The first-order chi connectivity index (χ1) is 12.1. The van der Waals surface area contributed by atoms with E-state index in [1.807, 2.05) is 61.5 Å². The molecule has 25 heavy (non-hydrogen) atoms. The Bertz CT molecular complexity index is 862. The molecule has 0 aliphatic rings. The molecule has 0 atom stereocenters. The van der Waals surface area contributed by atoms with Crippen LogP contribution in [0.15, 0.2) is 72.0 Å². The molecule has 1 aromatic heterocycles. The average Bonchev–Trinajstić information content (AvgIpc) is 2.62. The predicted octanol–water partition coefficient (Wildman–Crippen LogP) is 4.58. The first kappa shape index (κ1) is 17.0. The van der Waals surface area contributed by atoms with Gasteiger partial charge in [0.05, 0.1) is 17.6 Å². The molecule has 0 bridgehead atoms. The number of aromatic nitrogens is 2.